The molecule has 0 saturated carbocycles. The molecule has 4 heteroatoms. The Bertz CT molecular complexity index is 94.3. The van der Waals surface area contributed by atoms with Gasteiger partial charge in [-0.1, -0.05) is 0 Å². The van der Waals surface area contributed by atoms with E-state index in [9.17, 15) is 0 Å². The fourth-order valence-corrected chi connectivity index (χ4v) is 1.17. The Kier molecular flexibility index (Phi) is 1.86. The first-order valence-electron chi connectivity index (χ1n) is 3.59. The van der Waals surface area contributed by atoms with Crippen molar-refractivity contribution in [1.29, 1.82) is 0 Å². The molecule has 2 saturated heterocycles. The van der Waals surface area contributed by atoms with Crippen LogP contribution in [0.3, 0.4) is 0 Å². The zero-order valence-electron chi connectivity index (χ0n) is 5.75. The van der Waals surface area contributed by atoms with Crippen molar-refractivity contribution in [1.82, 2.24) is 10.5 Å². The van der Waals surface area contributed by atoms with Crippen LogP contribution in [0.2, 0.25) is 0 Å². The fraction of sp³-hybridized carbons (Fsp3) is 0.833. The Balaban J connectivity index is 1.85. The molecule has 1 unspecified atom stereocenters. The van der Waals surface area contributed by atoms with Crippen molar-refractivity contribution >= 4 is 0 Å². The Labute approximate surface area is 60.0 Å². The molecule has 2 aliphatic rings. The molecule has 57 valence electrons. The molecule has 1 atom stereocenters. The van der Waals surface area contributed by atoms with Crippen molar-refractivity contribution < 1.29 is 9.68 Å². The monoisotopic (exact) mass is 143 g/mol. The predicted octanol–water partition coefficient (Wildman–Crippen LogP) is 0.0365. The van der Waals surface area contributed by atoms with Crippen molar-refractivity contribution in [3.8, 4) is 0 Å². The summed E-state index contributed by atoms with van der Waals surface area (Å²) in [5.74, 6) is 0. The average Bonchev–Trinajstić information content (AvgIpc) is 2.59. The second kappa shape index (κ2) is 2.84. The van der Waals surface area contributed by atoms with Crippen molar-refractivity contribution in [3.63, 3.8) is 0 Å². The molecule has 0 aromatic heterocycles. The van der Waals surface area contributed by atoms with E-state index in [0.29, 0.717) is 0 Å². The van der Waals surface area contributed by atoms with Gasteiger partial charge in [-0.3, -0.25) is 4.84 Å². The summed E-state index contributed by atoms with van der Waals surface area (Å²) in [5, 5.41) is 1.84. The van der Waals surface area contributed by atoms with Crippen molar-refractivity contribution in [2.24, 2.45) is 0 Å². The van der Waals surface area contributed by atoms with Crippen LogP contribution in [0.4, 0.5) is 0 Å². The van der Waals surface area contributed by atoms with E-state index >= 15 is 0 Å². The molecule has 2 aliphatic heterocycles. The molecule has 1 radical (unpaired) electrons. The Morgan fingerprint density at radius 2 is 2.50 bits per heavy atom. The molecular formula is C6H11N2O2. The molecule has 10 heavy (non-hydrogen) atoms. The van der Waals surface area contributed by atoms with Gasteiger partial charge in [0.25, 0.3) is 0 Å². The van der Waals surface area contributed by atoms with Gasteiger partial charge in [-0.15, -0.1) is 0 Å². The zero-order chi connectivity index (χ0) is 6.81. The summed E-state index contributed by atoms with van der Waals surface area (Å²) in [7, 11) is 0. The summed E-state index contributed by atoms with van der Waals surface area (Å²) in [4.78, 5) is 10.2. The van der Waals surface area contributed by atoms with E-state index in [-0.39, 0.29) is 6.17 Å². The van der Waals surface area contributed by atoms with Crippen LogP contribution in [0.1, 0.15) is 12.8 Å². The Morgan fingerprint density at radius 3 is 3.10 bits per heavy atom. The third-order valence-corrected chi connectivity index (χ3v) is 1.69. The lowest BCUT2D eigenvalue weighted by Crippen LogP contribution is -2.36. The van der Waals surface area contributed by atoms with E-state index < -0.39 is 0 Å². The minimum Gasteiger partial charge on any atom is -0.300 e. The highest BCUT2D eigenvalue weighted by atomic mass is 16.7. The summed E-state index contributed by atoms with van der Waals surface area (Å²) < 4.78 is 0. The van der Waals surface area contributed by atoms with E-state index in [1.54, 1.807) is 0 Å². The van der Waals surface area contributed by atoms with Gasteiger partial charge >= 0.3 is 0 Å². The maximum Gasteiger partial charge on any atom is 0.110 e. The summed E-state index contributed by atoms with van der Waals surface area (Å²) in [6, 6.07) is 0. The molecule has 2 fully saturated rings. The van der Waals surface area contributed by atoms with Crippen LogP contribution in [0, 0.1) is 6.54 Å². The quantitative estimate of drug-likeness (QED) is 0.561. The fourth-order valence-electron chi connectivity index (χ4n) is 1.17. The summed E-state index contributed by atoms with van der Waals surface area (Å²) in [6.45, 7) is 3.63. The summed E-state index contributed by atoms with van der Waals surface area (Å²) in [5.41, 5.74) is 2.87. The van der Waals surface area contributed by atoms with Crippen molar-refractivity contribution in [2.75, 3.05) is 13.2 Å². The van der Waals surface area contributed by atoms with E-state index in [2.05, 4.69) is 5.48 Å². The topological polar surface area (TPSA) is 33.7 Å². The number of hydrogen-bond donors (Lipinski definition) is 1. The second-order valence-electron chi connectivity index (χ2n) is 2.44. The van der Waals surface area contributed by atoms with Gasteiger partial charge < -0.3 is 4.84 Å². The highest BCUT2D eigenvalue weighted by Gasteiger charge is 2.26. The molecule has 0 amide bonds. The van der Waals surface area contributed by atoms with Gasteiger partial charge in [0.05, 0.1) is 19.8 Å². The number of hydroxylamine groups is 3. The van der Waals surface area contributed by atoms with Crippen LogP contribution in [0.25, 0.3) is 0 Å². The largest absolute Gasteiger partial charge is 0.300 e. The van der Waals surface area contributed by atoms with Gasteiger partial charge in [0.15, 0.2) is 0 Å². The van der Waals surface area contributed by atoms with E-state index in [1.165, 1.54) is 0 Å². The third-order valence-electron chi connectivity index (χ3n) is 1.69. The smallest absolute Gasteiger partial charge is 0.110 e. The molecule has 0 aromatic rings. The van der Waals surface area contributed by atoms with Gasteiger partial charge in [-0.25, -0.2) is 0 Å². The van der Waals surface area contributed by atoms with Gasteiger partial charge in [-0.05, 0) is 6.42 Å². The van der Waals surface area contributed by atoms with Crippen LogP contribution in [-0.2, 0) is 9.68 Å². The van der Waals surface area contributed by atoms with Crippen LogP contribution >= 0.6 is 0 Å². The van der Waals surface area contributed by atoms with Gasteiger partial charge in [0, 0.05) is 6.42 Å². The second-order valence-corrected chi connectivity index (χ2v) is 2.44. The molecule has 4 nitrogen and oxygen atoms in total. The first-order chi connectivity index (χ1) is 4.97. The van der Waals surface area contributed by atoms with Crippen LogP contribution in [-0.4, -0.2) is 24.4 Å². The standard InChI is InChI=1S/C6H11N2O2/c1-3-8(10-4-1)6-2-5-9-7-6/h3,6-7H,1-2,4-5H2. The van der Waals surface area contributed by atoms with Crippen molar-refractivity contribution in [2.45, 2.75) is 19.0 Å². The number of nitrogens with one attached hydrogen (secondary N) is 1. The van der Waals surface area contributed by atoms with E-state index in [4.69, 9.17) is 9.68 Å². The predicted molar refractivity (Wildman–Crippen MR) is 34.2 cm³/mol. The summed E-state index contributed by atoms with van der Waals surface area (Å²) >= 11 is 0. The molecule has 0 bridgehead atoms. The Morgan fingerprint density at radius 1 is 1.50 bits per heavy atom. The lowest BCUT2D eigenvalue weighted by atomic mass is 10.3. The SMILES string of the molecule is [CH]1CCON1C1CCON1. The third kappa shape index (κ3) is 1.15. The van der Waals surface area contributed by atoms with Gasteiger partial charge in [0.1, 0.15) is 6.17 Å². The Hall–Kier alpha value is -0.160. The maximum absolute atomic E-state index is 5.27. The minimum absolute atomic E-state index is 0.238. The normalized spacial score (nSPS) is 35.4. The molecule has 2 rings (SSSR count). The molecule has 0 spiro atoms. The number of nitrogens with zero attached hydrogens (tertiary/aromatic N) is 1. The lowest BCUT2D eigenvalue weighted by molar-refractivity contribution is -0.143. The first-order valence-corrected chi connectivity index (χ1v) is 3.59. The van der Waals surface area contributed by atoms with E-state index in [1.807, 2.05) is 11.6 Å². The molecule has 2 heterocycles. The maximum atomic E-state index is 5.27. The van der Waals surface area contributed by atoms with Crippen LogP contribution in [0.5, 0.6) is 0 Å². The number of rotatable bonds is 1. The summed E-state index contributed by atoms with van der Waals surface area (Å²) in [6.07, 6.45) is 2.25. The molecule has 1 N–H and O–H groups in total. The molecular weight excluding hydrogens is 132 g/mol. The zero-order valence-corrected chi connectivity index (χ0v) is 5.75. The minimum atomic E-state index is 0.238. The number of hydrogen-bond acceptors (Lipinski definition) is 4. The molecule has 0 aromatic carbocycles. The lowest BCUT2D eigenvalue weighted by Gasteiger charge is -2.19. The van der Waals surface area contributed by atoms with Crippen LogP contribution in [0.15, 0.2) is 0 Å². The van der Waals surface area contributed by atoms with Gasteiger partial charge in [0.2, 0.25) is 0 Å². The van der Waals surface area contributed by atoms with Crippen LogP contribution < -0.4 is 5.48 Å². The average molecular weight is 143 g/mol. The van der Waals surface area contributed by atoms with Gasteiger partial charge in [-0.2, -0.15) is 10.5 Å². The molecule has 0 aliphatic carbocycles. The van der Waals surface area contributed by atoms with Crippen molar-refractivity contribution in [3.05, 3.63) is 6.54 Å². The first kappa shape index (κ1) is 6.54. The van der Waals surface area contributed by atoms with E-state index in [0.717, 1.165) is 26.1 Å². The highest BCUT2D eigenvalue weighted by molar-refractivity contribution is 4.74. The highest BCUT2D eigenvalue weighted by Crippen LogP contribution is 2.16.